The van der Waals surface area contributed by atoms with Crippen LogP contribution < -0.4 is 9.80 Å². The van der Waals surface area contributed by atoms with E-state index in [0.717, 1.165) is 51.0 Å². The number of hydrogen-bond acceptors (Lipinski definition) is 9. The van der Waals surface area contributed by atoms with Crippen LogP contribution in [0.5, 0.6) is 0 Å². The summed E-state index contributed by atoms with van der Waals surface area (Å²) in [5.41, 5.74) is 3.60. The minimum atomic E-state index is -1.18. The van der Waals surface area contributed by atoms with Crippen LogP contribution in [0.4, 0.5) is 22.3 Å². The highest BCUT2D eigenvalue weighted by atomic mass is 32.1. The standard InChI is InChI=1S/C27H35N7OSSi/c1-33(21-10-7-13-28-17-21)22-16-24-23(29-18-22)11-12-25(30-24)34(19-35-14-15-37(2,3)4)27-32-31-26(36-27)20-8-5-6-9-20/h7,10-13,16-18,20H,5-6,8-9,14-15,19H2,1-4H3. The van der Waals surface area contributed by atoms with Crippen LogP contribution in [-0.4, -0.2) is 53.6 Å². The van der Waals surface area contributed by atoms with Gasteiger partial charge >= 0.3 is 0 Å². The topological polar surface area (TPSA) is 80.2 Å². The van der Waals surface area contributed by atoms with Gasteiger partial charge in [-0.1, -0.05) is 43.8 Å². The van der Waals surface area contributed by atoms with Gasteiger partial charge in [-0.25, -0.2) is 4.98 Å². The molecule has 0 aromatic carbocycles. The van der Waals surface area contributed by atoms with Gasteiger partial charge in [0.25, 0.3) is 0 Å². The van der Waals surface area contributed by atoms with Crippen LogP contribution in [0, 0.1) is 0 Å². The zero-order valence-electron chi connectivity index (χ0n) is 22.1. The zero-order valence-corrected chi connectivity index (χ0v) is 23.9. The Hall–Kier alpha value is -2.95. The summed E-state index contributed by atoms with van der Waals surface area (Å²) in [7, 11) is 0.823. The van der Waals surface area contributed by atoms with Crippen molar-refractivity contribution in [3.63, 3.8) is 0 Å². The molecule has 0 atom stereocenters. The summed E-state index contributed by atoms with van der Waals surface area (Å²) in [6, 6.07) is 11.1. The van der Waals surface area contributed by atoms with E-state index in [4.69, 9.17) is 9.72 Å². The van der Waals surface area contributed by atoms with Gasteiger partial charge in [0.15, 0.2) is 0 Å². The molecule has 4 heterocycles. The molecule has 0 spiro atoms. The van der Waals surface area contributed by atoms with Crippen molar-refractivity contribution in [2.45, 2.75) is 57.3 Å². The third-order valence-electron chi connectivity index (χ3n) is 6.79. The van der Waals surface area contributed by atoms with Crippen molar-refractivity contribution in [1.82, 2.24) is 25.1 Å². The molecule has 0 amide bonds. The minimum Gasteiger partial charge on any atom is -0.361 e. The fourth-order valence-corrected chi connectivity index (χ4v) is 6.21. The first kappa shape index (κ1) is 25.7. The highest BCUT2D eigenvalue weighted by Gasteiger charge is 2.24. The molecule has 1 fully saturated rings. The van der Waals surface area contributed by atoms with Gasteiger partial charge in [0.05, 0.1) is 34.8 Å². The summed E-state index contributed by atoms with van der Waals surface area (Å²) in [6.07, 6.45) is 10.4. The maximum absolute atomic E-state index is 6.18. The molecule has 8 nitrogen and oxygen atoms in total. The maximum Gasteiger partial charge on any atom is 0.215 e. The molecule has 10 heteroatoms. The maximum atomic E-state index is 6.18. The van der Waals surface area contributed by atoms with Crippen LogP contribution >= 0.6 is 11.3 Å². The van der Waals surface area contributed by atoms with Gasteiger partial charge in [-0.05, 0) is 49.2 Å². The Morgan fingerprint density at radius 3 is 2.62 bits per heavy atom. The number of hydrogen-bond donors (Lipinski definition) is 0. The third kappa shape index (κ3) is 6.31. The molecule has 0 bridgehead atoms. The van der Waals surface area contributed by atoms with Gasteiger partial charge < -0.3 is 9.64 Å². The van der Waals surface area contributed by atoms with Crippen LogP contribution in [0.2, 0.25) is 25.7 Å². The molecule has 5 rings (SSSR count). The van der Waals surface area contributed by atoms with E-state index in [1.54, 1.807) is 17.5 Å². The van der Waals surface area contributed by atoms with Gasteiger partial charge in [-0.2, -0.15) is 0 Å². The molecule has 0 N–H and O–H groups in total. The summed E-state index contributed by atoms with van der Waals surface area (Å²) in [4.78, 5) is 18.0. The van der Waals surface area contributed by atoms with Gasteiger partial charge in [0.1, 0.15) is 17.6 Å². The number of fused-ring (bicyclic) bond motifs is 1. The summed E-state index contributed by atoms with van der Waals surface area (Å²) in [5.74, 6) is 1.32. The SMILES string of the molecule is CN(c1cccnc1)c1cnc2ccc(N(COCC[Si](C)(C)C)c3nnc(C4CCCC4)s3)nc2c1. The van der Waals surface area contributed by atoms with Crippen LogP contribution in [0.25, 0.3) is 11.0 Å². The summed E-state index contributed by atoms with van der Waals surface area (Å²) in [5, 5.41) is 11.1. The van der Waals surface area contributed by atoms with E-state index < -0.39 is 8.07 Å². The Morgan fingerprint density at radius 2 is 1.86 bits per heavy atom. The number of anilines is 4. The molecular weight excluding hydrogens is 498 g/mol. The van der Waals surface area contributed by atoms with Crippen LogP contribution in [-0.2, 0) is 4.74 Å². The highest BCUT2D eigenvalue weighted by Crippen LogP contribution is 2.38. The second kappa shape index (κ2) is 11.2. The van der Waals surface area contributed by atoms with Gasteiger partial charge in [-0.3, -0.25) is 14.9 Å². The van der Waals surface area contributed by atoms with E-state index >= 15 is 0 Å². The lowest BCUT2D eigenvalue weighted by Crippen LogP contribution is -2.26. The van der Waals surface area contributed by atoms with Crippen LogP contribution in [0.15, 0.2) is 48.9 Å². The molecule has 0 radical (unpaired) electrons. The average molecular weight is 534 g/mol. The van der Waals surface area contributed by atoms with Crippen molar-refractivity contribution in [3.8, 4) is 0 Å². The Labute approximate surface area is 223 Å². The van der Waals surface area contributed by atoms with Gasteiger partial charge in [0, 0.05) is 33.8 Å². The molecular formula is C27H35N7OSSi. The average Bonchev–Trinajstić information content (AvgIpc) is 3.60. The van der Waals surface area contributed by atoms with E-state index in [0.29, 0.717) is 12.6 Å². The largest absolute Gasteiger partial charge is 0.361 e. The number of nitrogens with zero attached hydrogens (tertiary/aromatic N) is 7. The summed E-state index contributed by atoms with van der Waals surface area (Å²) < 4.78 is 6.18. The molecule has 1 saturated carbocycles. The molecule has 194 valence electrons. The molecule has 4 aromatic rings. The second-order valence-corrected chi connectivity index (χ2v) is 17.5. The Kier molecular flexibility index (Phi) is 7.78. The van der Waals surface area contributed by atoms with Crippen molar-refractivity contribution in [2.75, 3.05) is 30.2 Å². The zero-order chi connectivity index (χ0) is 25.8. The third-order valence-corrected chi connectivity index (χ3v) is 9.60. The first-order valence-corrected chi connectivity index (χ1v) is 17.5. The Bertz CT molecular complexity index is 1320. The van der Waals surface area contributed by atoms with E-state index in [9.17, 15) is 0 Å². The van der Waals surface area contributed by atoms with Crippen molar-refractivity contribution in [3.05, 3.63) is 53.9 Å². The lowest BCUT2D eigenvalue weighted by atomic mass is 10.1. The van der Waals surface area contributed by atoms with Crippen LogP contribution in [0.3, 0.4) is 0 Å². The predicted octanol–water partition coefficient (Wildman–Crippen LogP) is 6.75. The molecule has 1 aliphatic rings. The Balaban J connectivity index is 1.44. The summed E-state index contributed by atoms with van der Waals surface area (Å²) in [6.45, 7) is 8.22. The molecule has 0 aliphatic heterocycles. The first-order valence-electron chi connectivity index (χ1n) is 13.0. The van der Waals surface area contributed by atoms with E-state index in [2.05, 4.69) is 55.7 Å². The predicted molar refractivity (Wildman–Crippen MR) is 154 cm³/mol. The number of pyridine rings is 3. The second-order valence-electron chi connectivity index (χ2n) is 10.9. The minimum absolute atomic E-state index is 0.394. The molecule has 0 unspecified atom stereocenters. The van der Waals surface area contributed by atoms with Crippen molar-refractivity contribution < 1.29 is 4.74 Å². The summed E-state index contributed by atoms with van der Waals surface area (Å²) >= 11 is 1.67. The van der Waals surface area contributed by atoms with E-state index in [1.807, 2.05) is 43.7 Å². The van der Waals surface area contributed by atoms with E-state index in [1.165, 1.54) is 25.7 Å². The van der Waals surface area contributed by atoms with Gasteiger partial charge in [0.2, 0.25) is 5.13 Å². The Morgan fingerprint density at radius 1 is 1.03 bits per heavy atom. The number of ether oxygens (including phenoxy) is 1. The van der Waals surface area contributed by atoms with Crippen molar-refractivity contribution >= 4 is 52.8 Å². The normalized spacial score (nSPS) is 14.4. The fraction of sp³-hybridized carbons (Fsp3) is 0.444. The monoisotopic (exact) mass is 533 g/mol. The highest BCUT2D eigenvalue weighted by molar-refractivity contribution is 7.15. The quantitative estimate of drug-likeness (QED) is 0.126. The van der Waals surface area contributed by atoms with Gasteiger partial charge in [-0.15, -0.1) is 10.2 Å². The molecule has 37 heavy (non-hydrogen) atoms. The molecule has 1 aliphatic carbocycles. The van der Waals surface area contributed by atoms with Crippen molar-refractivity contribution in [2.24, 2.45) is 0 Å². The fourth-order valence-electron chi connectivity index (χ4n) is 4.45. The van der Waals surface area contributed by atoms with Crippen LogP contribution in [0.1, 0.15) is 36.6 Å². The lowest BCUT2D eigenvalue weighted by Gasteiger charge is -2.22. The first-order chi connectivity index (χ1) is 17.9. The number of rotatable bonds is 10. The number of aromatic nitrogens is 5. The van der Waals surface area contributed by atoms with E-state index in [-0.39, 0.29) is 0 Å². The van der Waals surface area contributed by atoms with Crippen molar-refractivity contribution in [1.29, 1.82) is 0 Å². The molecule has 0 saturated heterocycles. The smallest absolute Gasteiger partial charge is 0.215 e. The molecule has 4 aromatic heterocycles. The lowest BCUT2D eigenvalue weighted by molar-refractivity contribution is 0.153.